The Bertz CT molecular complexity index is 993. The smallest absolute Gasteiger partial charge is 0.257 e. The van der Waals surface area contributed by atoms with E-state index in [1.807, 2.05) is 12.1 Å². The first-order valence-electron chi connectivity index (χ1n) is 10.3. The molecule has 5 nitrogen and oxygen atoms in total. The Morgan fingerprint density at radius 1 is 0.933 bits per heavy atom. The lowest BCUT2D eigenvalue weighted by atomic mass is 10.1. The third-order valence-electron chi connectivity index (χ3n) is 5.70. The van der Waals surface area contributed by atoms with E-state index in [2.05, 4.69) is 63.0 Å². The first-order valence-corrected chi connectivity index (χ1v) is 12.0. The van der Waals surface area contributed by atoms with Crippen LogP contribution in [-0.2, 0) is 4.79 Å². The molecule has 0 saturated carbocycles. The number of thiophene rings is 2. The summed E-state index contributed by atoms with van der Waals surface area (Å²) in [7, 11) is 0. The van der Waals surface area contributed by atoms with E-state index >= 15 is 0 Å². The molecule has 1 aromatic carbocycles. The van der Waals surface area contributed by atoms with Crippen LogP contribution >= 0.6 is 22.7 Å². The number of nitrogens with zero attached hydrogens (tertiary/aromatic N) is 4. The van der Waals surface area contributed by atoms with Crippen LogP contribution in [0.5, 0.6) is 0 Å². The van der Waals surface area contributed by atoms with Gasteiger partial charge in [-0.05, 0) is 35.0 Å². The second-order valence-electron chi connectivity index (χ2n) is 7.60. The van der Waals surface area contributed by atoms with Crippen LogP contribution in [0, 0.1) is 0 Å². The molecule has 1 saturated heterocycles. The normalized spacial score (nSPS) is 19.9. The molecule has 1 fully saturated rings. The van der Waals surface area contributed by atoms with E-state index in [4.69, 9.17) is 5.10 Å². The number of benzene rings is 1. The molecule has 3 aromatic rings. The van der Waals surface area contributed by atoms with E-state index in [9.17, 15) is 4.79 Å². The molecule has 0 bridgehead atoms. The van der Waals surface area contributed by atoms with Crippen LogP contribution in [-0.4, -0.2) is 54.3 Å². The van der Waals surface area contributed by atoms with Crippen molar-refractivity contribution in [1.82, 2.24) is 9.91 Å². The zero-order valence-corrected chi connectivity index (χ0v) is 18.3. The van der Waals surface area contributed by atoms with E-state index in [-0.39, 0.29) is 11.9 Å². The molecule has 2 aromatic heterocycles. The zero-order valence-electron chi connectivity index (χ0n) is 16.7. The molecule has 0 radical (unpaired) electrons. The molecule has 7 heteroatoms. The van der Waals surface area contributed by atoms with Gasteiger partial charge in [-0.2, -0.15) is 5.10 Å². The summed E-state index contributed by atoms with van der Waals surface area (Å²) in [5.41, 5.74) is 2.27. The van der Waals surface area contributed by atoms with E-state index in [0.717, 1.165) is 43.2 Å². The van der Waals surface area contributed by atoms with Crippen molar-refractivity contribution in [3.8, 4) is 0 Å². The van der Waals surface area contributed by atoms with Crippen LogP contribution in [0.25, 0.3) is 0 Å². The highest BCUT2D eigenvalue weighted by Gasteiger charge is 2.35. The second-order valence-corrected chi connectivity index (χ2v) is 9.52. The molecule has 30 heavy (non-hydrogen) atoms. The average Bonchev–Trinajstić information content (AvgIpc) is 3.56. The van der Waals surface area contributed by atoms with E-state index in [1.54, 1.807) is 27.7 Å². The van der Waals surface area contributed by atoms with Crippen LogP contribution < -0.4 is 4.90 Å². The molecule has 4 heterocycles. The largest absolute Gasteiger partial charge is 0.369 e. The summed E-state index contributed by atoms with van der Waals surface area (Å²) in [6.07, 6.45) is 0.786. The molecule has 2 aliphatic heterocycles. The summed E-state index contributed by atoms with van der Waals surface area (Å²) >= 11 is 3.39. The molecule has 0 unspecified atom stereocenters. The fraction of sp³-hybridized carbons (Fsp3) is 0.304. The highest BCUT2D eigenvalue weighted by atomic mass is 32.1. The highest BCUT2D eigenvalue weighted by molar-refractivity contribution is 7.12. The van der Waals surface area contributed by atoms with E-state index < -0.39 is 0 Å². The van der Waals surface area contributed by atoms with Crippen molar-refractivity contribution >= 4 is 40.0 Å². The maximum Gasteiger partial charge on any atom is 0.257 e. The summed E-state index contributed by atoms with van der Waals surface area (Å²) in [5.74, 6) is 0.0908. The predicted molar refractivity (Wildman–Crippen MR) is 124 cm³/mol. The van der Waals surface area contributed by atoms with Gasteiger partial charge in [-0.3, -0.25) is 9.69 Å². The lowest BCUT2D eigenvalue weighted by Gasteiger charge is -2.36. The number of para-hydroxylation sites is 1. The summed E-state index contributed by atoms with van der Waals surface area (Å²) in [6, 6.07) is 18.8. The Morgan fingerprint density at radius 3 is 2.40 bits per heavy atom. The van der Waals surface area contributed by atoms with Crippen molar-refractivity contribution in [2.45, 2.75) is 12.5 Å². The van der Waals surface area contributed by atoms with Crippen molar-refractivity contribution in [1.29, 1.82) is 0 Å². The topological polar surface area (TPSA) is 39.2 Å². The molecule has 0 spiro atoms. The first-order chi connectivity index (χ1) is 14.8. The highest BCUT2D eigenvalue weighted by Crippen LogP contribution is 2.36. The van der Waals surface area contributed by atoms with Gasteiger partial charge >= 0.3 is 0 Å². The Labute approximate surface area is 184 Å². The molecule has 2 aliphatic rings. The minimum absolute atomic E-state index is 0.0141. The average molecular weight is 437 g/mol. The van der Waals surface area contributed by atoms with Crippen molar-refractivity contribution in [3.63, 3.8) is 0 Å². The van der Waals surface area contributed by atoms with Gasteiger partial charge in [0.2, 0.25) is 0 Å². The van der Waals surface area contributed by atoms with Crippen LogP contribution in [0.3, 0.4) is 0 Å². The Morgan fingerprint density at radius 2 is 1.70 bits per heavy atom. The number of rotatable bonds is 5. The summed E-state index contributed by atoms with van der Waals surface area (Å²) in [5, 5.41) is 10.7. The number of amides is 1. The van der Waals surface area contributed by atoms with Gasteiger partial charge < -0.3 is 4.90 Å². The van der Waals surface area contributed by atoms with E-state index in [0.29, 0.717) is 6.54 Å². The number of hydrogen-bond donors (Lipinski definition) is 0. The van der Waals surface area contributed by atoms with Gasteiger partial charge in [0.25, 0.3) is 5.91 Å². The SMILES string of the molecule is O=C(CN1CCN(c2ccccc2)CC1)N1N=C(c2cccs2)C[C@@H]1c1cccs1. The van der Waals surface area contributed by atoms with Gasteiger partial charge in [-0.25, -0.2) is 5.01 Å². The molecule has 5 rings (SSSR count). The molecule has 1 amide bonds. The Kier molecular flexibility index (Phi) is 5.66. The van der Waals surface area contributed by atoms with Gasteiger partial charge in [-0.1, -0.05) is 30.3 Å². The van der Waals surface area contributed by atoms with Crippen molar-refractivity contribution < 1.29 is 4.79 Å². The molecular weight excluding hydrogens is 412 g/mol. The Balaban J connectivity index is 1.26. The fourth-order valence-electron chi connectivity index (χ4n) is 4.10. The third-order valence-corrected chi connectivity index (χ3v) is 7.59. The van der Waals surface area contributed by atoms with Crippen molar-refractivity contribution in [2.24, 2.45) is 5.10 Å². The van der Waals surface area contributed by atoms with Gasteiger partial charge in [0, 0.05) is 43.2 Å². The zero-order chi connectivity index (χ0) is 20.3. The lowest BCUT2D eigenvalue weighted by Crippen LogP contribution is -2.49. The van der Waals surface area contributed by atoms with Gasteiger partial charge in [0.1, 0.15) is 0 Å². The summed E-state index contributed by atoms with van der Waals surface area (Å²) in [4.78, 5) is 20.3. The van der Waals surface area contributed by atoms with Gasteiger partial charge in [0.15, 0.2) is 0 Å². The van der Waals surface area contributed by atoms with Crippen LogP contribution in [0.15, 0.2) is 70.5 Å². The molecule has 1 atom stereocenters. The first kappa shape index (κ1) is 19.5. The van der Waals surface area contributed by atoms with Crippen molar-refractivity contribution in [2.75, 3.05) is 37.6 Å². The summed E-state index contributed by atoms with van der Waals surface area (Å²) in [6.45, 7) is 4.08. The quantitative estimate of drug-likeness (QED) is 0.598. The number of hydrazone groups is 1. The predicted octanol–water partition coefficient (Wildman–Crippen LogP) is 4.31. The number of carbonyl (C=O) groups excluding carboxylic acids is 1. The van der Waals surface area contributed by atoms with Gasteiger partial charge in [0.05, 0.1) is 23.2 Å². The molecule has 0 N–H and O–H groups in total. The molecule has 154 valence electrons. The Hall–Kier alpha value is -2.48. The van der Waals surface area contributed by atoms with Crippen LogP contribution in [0.1, 0.15) is 22.2 Å². The standard InChI is InChI=1S/C23H24N4OS2/c28-23(17-25-10-12-26(13-11-25)18-6-2-1-3-7-18)27-20(22-9-5-15-30-22)16-19(24-27)21-8-4-14-29-21/h1-9,14-15,20H,10-13,16-17H2/t20-/m1/s1. The number of hydrogen-bond acceptors (Lipinski definition) is 6. The van der Waals surface area contributed by atoms with E-state index in [1.165, 1.54) is 10.6 Å². The third kappa shape index (κ3) is 4.05. The second kappa shape index (κ2) is 8.71. The van der Waals surface area contributed by atoms with Crippen LogP contribution in [0.4, 0.5) is 5.69 Å². The molecular formula is C23H24N4OS2. The maximum absolute atomic E-state index is 13.3. The number of carbonyl (C=O) groups is 1. The van der Waals surface area contributed by atoms with Gasteiger partial charge in [-0.15, -0.1) is 22.7 Å². The lowest BCUT2D eigenvalue weighted by molar-refractivity contribution is -0.134. The summed E-state index contributed by atoms with van der Waals surface area (Å²) < 4.78 is 0. The number of anilines is 1. The number of piperazine rings is 1. The monoisotopic (exact) mass is 436 g/mol. The maximum atomic E-state index is 13.3. The fourth-order valence-corrected chi connectivity index (χ4v) is 5.63. The minimum atomic E-state index is 0.0141. The van der Waals surface area contributed by atoms with Crippen molar-refractivity contribution in [3.05, 3.63) is 75.1 Å². The minimum Gasteiger partial charge on any atom is -0.369 e. The molecule has 0 aliphatic carbocycles. The van der Waals surface area contributed by atoms with Crippen LogP contribution in [0.2, 0.25) is 0 Å².